The van der Waals surface area contributed by atoms with E-state index >= 15 is 0 Å². The van der Waals surface area contributed by atoms with Crippen molar-refractivity contribution in [3.8, 4) is 11.9 Å². The summed E-state index contributed by atoms with van der Waals surface area (Å²) in [5, 5.41) is 4.18. The van der Waals surface area contributed by atoms with Crippen molar-refractivity contribution < 1.29 is 4.74 Å². The average molecular weight is 264 g/mol. The Hall–Kier alpha value is -2.42. The van der Waals surface area contributed by atoms with Crippen LogP contribution < -0.4 is 20.9 Å². The zero-order valence-corrected chi connectivity index (χ0v) is 11.2. The molecule has 2 rings (SSSR count). The second-order valence-corrected chi connectivity index (χ2v) is 4.13. The van der Waals surface area contributed by atoms with Crippen molar-refractivity contribution in [2.75, 3.05) is 24.4 Å². The largest absolute Gasteiger partial charge is 0.405 e. The Labute approximate surface area is 110 Å². The van der Waals surface area contributed by atoms with Crippen LogP contribution in [0.25, 0.3) is 0 Å². The third-order valence-corrected chi connectivity index (χ3v) is 2.29. The van der Waals surface area contributed by atoms with Crippen LogP contribution in [0.5, 0.6) is 11.9 Å². The van der Waals surface area contributed by atoms with Gasteiger partial charge in [0.25, 0.3) is 0 Å². The molecule has 0 aromatic carbocycles. The Balaban J connectivity index is 2.34. The Morgan fingerprint density at radius 3 is 2.58 bits per heavy atom. The minimum Gasteiger partial charge on any atom is -0.405 e. The fourth-order valence-corrected chi connectivity index (χ4v) is 1.43. The van der Waals surface area contributed by atoms with Crippen molar-refractivity contribution in [3.63, 3.8) is 0 Å². The van der Waals surface area contributed by atoms with E-state index in [0.29, 0.717) is 11.8 Å². The number of nitrogens with one attached hydrogen (secondary N) is 1. The molecule has 0 saturated heterocycles. The SMILES string of the molecule is Cc1cc(Oc2nc(NN)nc(N(C)C)n2)n(C)n1. The van der Waals surface area contributed by atoms with E-state index in [9.17, 15) is 0 Å². The van der Waals surface area contributed by atoms with Crippen LogP contribution in [0.15, 0.2) is 6.07 Å². The molecular weight excluding hydrogens is 248 g/mol. The highest BCUT2D eigenvalue weighted by Gasteiger charge is 2.11. The van der Waals surface area contributed by atoms with Crippen LogP contribution in [0.3, 0.4) is 0 Å². The smallest absolute Gasteiger partial charge is 0.330 e. The van der Waals surface area contributed by atoms with Gasteiger partial charge in [0.15, 0.2) is 0 Å². The summed E-state index contributed by atoms with van der Waals surface area (Å²) in [6, 6.07) is 1.93. The number of ether oxygens (including phenoxy) is 1. The summed E-state index contributed by atoms with van der Waals surface area (Å²) in [7, 11) is 5.40. The Bertz CT molecular complexity index is 579. The molecule has 2 aromatic heterocycles. The zero-order chi connectivity index (χ0) is 14.0. The minimum absolute atomic E-state index is 0.148. The van der Waals surface area contributed by atoms with Crippen molar-refractivity contribution in [1.29, 1.82) is 0 Å². The summed E-state index contributed by atoms with van der Waals surface area (Å²) in [5.74, 6) is 6.53. The summed E-state index contributed by atoms with van der Waals surface area (Å²) < 4.78 is 7.18. The third-order valence-electron chi connectivity index (χ3n) is 2.29. The highest BCUT2D eigenvalue weighted by molar-refractivity contribution is 5.36. The van der Waals surface area contributed by atoms with Crippen LogP contribution in [0, 0.1) is 6.92 Å². The highest BCUT2D eigenvalue weighted by atomic mass is 16.5. The first-order chi connectivity index (χ1) is 8.99. The van der Waals surface area contributed by atoms with Gasteiger partial charge in [0, 0.05) is 27.2 Å². The van der Waals surface area contributed by atoms with Gasteiger partial charge < -0.3 is 9.64 Å². The van der Waals surface area contributed by atoms with Gasteiger partial charge in [-0.25, -0.2) is 10.5 Å². The molecule has 0 bridgehead atoms. The van der Waals surface area contributed by atoms with Gasteiger partial charge in [-0.15, -0.1) is 0 Å². The number of aryl methyl sites for hydroxylation is 2. The Morgan fingerprint density at radius 1 is 1.32 bits per heavy atom. The quantitative estimate of drug-likeness (QED) is 0.589. The van der Waals surface area contributed by atoms with Crippen molar-refractivity contribution in [2.45, 2.75) is 6.92 Å². The average Bonchev–Trinajstić information content (AvgIpc) is 2.67. The van der Waals surface area contributed by atoms with Gasteiger partial charge in [-0.1, -0.05) is 0 Å². The molecule has 9 nitrogen and oxygen atoms in total. The molecule has 0 aliphatic heterocycles. The molecule has 2 aromatic rings. The number of anilines is 2. The van der Waals surface area contributed by atoms with Gasteiger partial charge in [-0.3, -0.25) is 5.43 Å². The number of nitrogens with two attached hydrogens (primary N) is 1. The summed E-state index contributed by atoms with van der Waals surface area (Å²) in [4.78, 5) is 14.0. The van der Waals surface area contributed by atoms with E-state index < -0.39 is 0 Å². The lowest BCUT2D eigenvalue weighted by atomic mass is 10.5. The lowest BCUT2D eigenvalue weighted by Gasteiger charge is -2.12. The normalized spacial score (nSPS) is 10.4. The molecule has 0 atom stereocenters. The van der Waals surface area contributed by atoms with Crippen molar-refractivity contribution in [1.82, 2.24) is 24.7 Å². The highest BCUT2D eigenvalue weighted by Crippen LogP contribution is 2.20. The monoisotopic (exact) mass is 264 g/mol. The number of hydrazine groups is 1. The molecule has 0 unspecified atom stereocenters. The van der Waals surface area contributed by atoms with Crippen molar-refractivity contribution >= 4 is 11.9 Å². The number of hydrogen-bond donors (Lipinski definition) is 2. The number of nitrogens with zero attached hydrogens (tertiary/aromatic N) is 6. The van der Waals surface area contributed by atoms with Gasteiger partial charge in [-0.2, -0.15) is 20.1 Å². The van der Waals surface area contributed by atoms with Gasteiger partial charge in [0.2, 0.25) is 17.8 Å². The van der Waals surface area contributed by atoms with Crippen LogP contribution in [-0.4, -0.2) is 38.8 Å². The molecule has 0 fully saturated rings. The maximum atomic E-state index is 5.58. The van der Waals surface area contributed by atoms with Gasteiger partial charge in [0.05, 0.1) is 5.69 Å². The topological polar surface area (TPSA) is 107 Å². The van der Waals surface area contributed by atoms with E-state index in [1.54, 1.807) is 22.7 Å². The number of aromatic nitrogens is 5. The van der Waals surface area contributed by atoms with Gasteiger partial charge in [-0.05, 0) is 6.92 Å². The first-order valence-electron chi connectivity index (χ1n) is 5.58. The number of rotatable bonds is 4. The Kier molecular flexibility index (Phi) is 3.47. The van der Waals surface area contributed by atoms with E-state index in [2.05, 4.69) is 25.5 Å². The molecule has 19 heavy (non-hydrogen) atoms. The van der Waals surface area contributed by atoms with Crippen LogP contribution in [0.4, 0.5) is 11.9 Å². The molecule has 0 aliphatic carbocycles. The number of nitrogen functional groups attached to an aromatic ring is 1. The van der Waals surface area contributed by atoms with Crippen LogP contribution in [-0.2, 0) is 7.05 Å². The summed E-state index contributed by atoms with van der Waals surface area (Å²) in [6.07, 6.45) is 0. The minimum atomic E-state index is 0.148. The van der Waals surface area contributed by atoms with Crippen LogP contribution >= 0.6 is 0 Å². The first-order valence-corrected chi connectivity index (χ1v) is 5.58. The van der Waals surface area contributed by atoms with Gasteiger partial charge >= 0.3 is 6.01 Å². The molecule has 102 valence electrons. The lowest BCUT2D eigenvalue weighted by molar-refractivity contribution is 0.398. The summed E-state index contributed by atoms with van der Waals surface area (Å²) in [6.45, 7) is 1.87. The van der Waals surface area contributed by atoms with Crippen molar-refractivity contribution in [3.05, 3.63) is 11.8 Å². The van der Waals surface area contributed by atoms with Crippen molar-refractivity contribution in [2.24, 2.45) is 12.9 Å². The van der Waals surface area contributed by atoms with E-state index in [1.807, 2.05) is 21.0 Å². The molecule has 0 radical (unpaired) electrons. The third kappa shape index (κ3) is 2.88. The summed E-state index contributed by atoms with van der Waals surface area (Å²) in [5.41, 5.74) is 3.22. The molecule has 0 spiro atoms. The van der Waals surface area contributed by atoms with Crippen LogP contribution in [0.1, 0.15) is 5.69 Å². The standard InChI is InChI=1S/C10H16N8O/c1-6-5-7(18(4)16-6)19-10-13-8(15-11)12-9(14-10)17(2)3/h5H,11H2,1-4H3,(H,12,13,14,15). The molecule has 0 saturated carbocycles. The second-order valence-electron chi connectivity index (χ2n) is 4.13. The van der Waals surface area contributed by atoms with E-state index in [4.69, 9.17) is 10.6 Å². The number of hydrogen-bond acceptors (Lipinski definition) is 8. The molecule has 2 heterocycles. The van der Waals surface area contributed by atoms with Crippen LogP contribution in [0.2, 0.25) is 0 Å². The second kappa shape index (κ2) is 5.06. The summed E-state index contributed by atoms with van der Waals surface area (Å²) >= 11 is 0. The fraction of sp³-hybridized carbons (Fsp3) is 0.400. The molecule has 9 heteroatoms. The molecule has 0 amide bonds. The maximum absolute atomic E-state index is 5.58. The van der Waals surface area contributed by atoms with E-state index in [-0.39, 0.29) is 12.0 Å². The maximum Gasteiger partial charge on any atom is 0.330 e. The molecule has 0 aliphatic rings. The Morgan fingerprint density at radius 2 is 2.05 bits per heavy atom. The zero-order valence-electron chi connectivity index (χ0n) is 11.2. The predicted octanol–water partition coefficient (Wildman–Crippen LogP) is 0.0574. The lowest BCUT2D eigenvalue weighted by Crippen LogP contribution is -2.17. The fourth-order valence-electron chi connectivity index (χ4n) is 1.43. The van der Waals surface area contributed by atoms with Gasteiger partial charge in [0.1, 0.15) is 0 Å². The van der Waals surface area contributed by atoms with E-state index in [1.165, 1.54) is 0 Å². The van der Waals surface area contributed by atoms with E-state index in [0.717, 1.165) is 5.69 Å². The molecule has 3 N–H and O–H groups in total. The first kappa shape index (κ1) is 13.0. The predicted molar refractivity (Wildman–Crippen MR) is 70.0 cm³/mol. The molecular formula is C10H16N8O.